The number of hydrogen-bond donors (Lipinski definition) is 2. The van der Waals surface area contributed by atoms with Gasteiger partial charge in [0.05, 0.1) is 17.4 Å². The van der Waals surface area contributed by atoms with E-state index in [0.29, 0.717) is 22.4 Å². The number of benzene rings is 1. The van der Waals surface area contributed by atoms with Crippen LogP contribution < -0.4 is 5.32 Å². The Morgan fingerprint density at radius 3 is 2.48 bits per heavy atom. The quantitative estimate of drug-likeness (QED) is 0.526. The lowest BCUT2D eigenvalue weighted by atomic mass is 9.80. The number of aromatic nitrogens is 7. The molecule has 9 nitrogen and oxygen atoms in total. The monoisotopic (exact) mass is 418 g/mol. The van der Waals surface area contributed by atoms with Crippen LogP contribution in [-0.2, 0) is 0 Å². The van der Waals surface area contributed by atoms with Crippen LogP contribution in [-0.4, -0.2) is 51.2 Å². The Labute approximate surface area is 180 Å². The smallest absolute Gasteiger partial charge is 0.201 e. The fourth-order valence-electron chi connectivity index (χ4n) is 4.87. The molecule has 160 valence electrons. The average molecular weight is 419 g/mol. The first kappa shape index (κ1) is 19.6. The number of piperidine rings is 1. The standard InChI is InChI=1S/C22H26N8O/c1-21(2)12-15(13-22(3,4)27-21)30-20-18(25-28-30)11-17(24-26-20)16-7-6-14(10-19(16)31)29-9-5-8-23-29/h5-11,15,27,31H,12-13H2,1-4H3. The molecule has 3 aromatic heterocycles. The number of hydrogen-bond acceptors (Lipinski definition) is 7. The fourth-order valence-corrected chi connectivity index (χ4v) is 4.87. The van der Waals surface area contributed by atoms with E-state index in [9.17, 15) is 5.11 Å². The Hall–Kier alpha value is -3.33. The summed E-state index contributed by atoms with van der Waals surface area (Å²) in [5, 5.41) is 36.1. The summed E-state index contributed by atoms with van der Waals surface area (Å²) in [6.45, 7) is 8.83. The van der Waals surface area contributed by atoms with E-state index in [2.05, 4.69) is 58.6 Å². The van der Waals surface area contributed by atoms with Crippen LogP contribution >= 0.6 is 0 Å². The van der Waals surface area contributed by atoms with E-state index < -0.39 is 0 Å². The molecule has 31 heavy (non-hydrogen) atoms. The number of rotatable bonds is 3. The van der Waals surface area contributed by atoms with Gasteiger partial charge < -0.3 is 10.4 Å². The molecule has 5 rings (SSSR count). The van der Waals surface area contributed by atoms with Crippen molar-refractivity contribution in [2.24, 2.45) is 0 Å². The first-order valence-corrected chi connectivity index (χ1v) is 10.4. The minimum Gasteiger partial charge on any atom is -0.507 e. The third-order valence-corrected chi connectivity index (χ3v) is 5.76. The Kier molecular flexibility index (Phi) is 4.33. The van der Waals surface area contributed by atoms with Crippen molar-refractivity contribution in [2.75, 3.05) is 0 Å². The van der Waals surface area contributed by atoms with Crippen LogP contribution in [0.2, 0.25) is 0 Å². The fraction of sp³-hybridized carbons (Fsp3) is 0.409. The molecule has 0 aliphatic carbocycles. The largest absolute Gasteiger partial charge is 0.507 e. The van der Waals surface area contributed by atoms with Gasteiger partial charge in [-0.2, -0.15) is 5.10 Å². The van der Waals surface area contributed by atoms with Crippen LogP contribution in [0.5, 0.6) is 5.75 Å². The molecule has 0 amide bonds. The minimum absolute atomic E-state index is 0.0137. The zero-order chi connectivity index (χ0) is 21.8. The highest BCUT2D eigenvalue weighted by Crippen LogP contribution is 2.37. The maximum Gasteiger partial charge on any atom is 0.201 e. The zero-order valence-corrected chi connectivity index (χ0v) is 18.1. The van der Waals surface area contributed by atoms with Crippen molar-refractivity contribution in [1.82, 2.24) is 40.3 Å². The minimum atomic E-state index is -0.0137. The van der Waals surface area contributed by atoms with Crippen LogP contribution in [0.3, 0.4) is 0 Å². The topological polar surface area (TPSA) is 107 Å². The predicted octanol–water partition coefficient (Wildman–Crippen LogP) is 3.26. The Bertz CT molecular complexity index is 1230. The van der Waals surface area contributed by atoms with Gasteiger partial charge in [0.15, 0.2) is 0 Å². The van der Waals surface area contributed by atoms with Crippen molar-refractivity contribution in [3.8, 4) is 22.7 Å². The summed E-state index contributed by atoms with van der Waals surface area (Å²) in [6, 6.07) is 9.18. The maximum atomic E-state index is 10.6. The van der Waals surface area contributed by atoms with E-state index in [0.717, 1.165) is 18.5 Å². The lowest BCUT2D eigenvalue weighted by molar-refractivity contribution is 0.127. The number of nitrogens with one attached hydrogen (secondary N) is 1. The van der Waals surface area contributed by atoms with Gasteiger partial charge in [0, 0.05) is 35.1 Å². The molecule has 4 heterocycles. The van der Waals surface area contributed by atoms with Crippen LogP contribution in [0.15, 0.2) is 42.7 Å². The van der Waals surface area contributed by atoms with Gasteiger partial charge in [0.2, 0.25) is 5.65 Å². The Morgan fingerprint density at radius 2 is 1.81 bits per heavy atom. The van der Waals surface area contributed by atoms with E-state index >= 15 is 0 Å². The average Bonchev–Trinajstić information content (AvgIpc) is 3.35. The van der Waals surface area contributed by atoms with Gasteiger partial charge in [0.1, 0.15) is 11.3 Å². The molecule has 1 aliphatic rings. The van der Waals surface area contributed by atoms with Gasteiger partial charge in [-0.3, -0.25) is 0 Å². The second-order valence-electron chi connectivity index (χ2n) is 9.58. The molecule has 4 aromatic rings. The van der Waals surface area contributed by atoms with Gasteiger partial charge >= 0.3 is 0 Å². The molecule has 0 unspecified atom stereocenters. The van der Waals surface area contributed by atoms with Crippen molar-refractivity contribution in [3.63, 3.8) is 0 Å². The second kappa shape index (κ2) is 6.84. The van der Waals surface area contributed by atoms with Crippen molar-refractivity contribution < 1.29 is 5.11 Å². The van der Waals surface area contributed by atoms with Crippen LogP contribution in [0.25, 0.3) is 28.1 Å². The van der Waals surface area contributed by atoms with E-state index in [-0.39, 0.29) is 22.9 Å². The Morgan fingerprint density at radius 1 is 1.03 bits per heavy atom. The number of aromatic hydroxyl groups is 1. The molecule has 1 aromatic carbocycles. The molecule has 0 radical (unpaired) electrons. The summed E-state index contributed by atoms with van der Waals surface area (Å²) in [6.07, 6.45) is 5.36. The third kappa shape index (κ3) is 3.65. The van der Waals surface area contributed by atoms with Crippen molar-refractivity contribution in [3.05, 3.63) is 42.7 Å². The number of nitrogens with zero attached hydrogens (tertiary/aromatic N) is 7. The molecular weight excluding hydrogens is 392 g/mol. The Balaban J connectivity index is 1.49. The molecular formula is C22H26N8O. The molecule has 0 spiro atoms. The van der Waals surface area contributed by atoms with E-state index in [1.54, 1.807) is 16.9 Å². The summed E-state index contributed by atoms with van der Waals surface area (Å²) in [5.74, 6) is 0.107. The molecule has 0 atom stereocenters. The predicted molar refractivity (Wildman–Crippen MR) is 117 cm³/mol. The number of phenolic OH excluding ortho intramolecular Hbond substituents is 1. The van der Waals surface area contributed by atoms with E-state index in [1.165, 1.54) is 0 Å². The molecule has 0 bridgehead atoms. The molecule has 1 aliphatic heterocycles. The summed E-state index contributed by atoms with van der Waals surface area (Å²) in [4.78, 5) is 0. The third-order valence-electron chi connectivity index (χ3n) is 5.76. The van der Waals surface area contributed by atoms with Gasteiger partial charge in [0.25, 0.3) is 0 Å². The lowest BCUT2D eigenvalue weighted by Crippen LogP contribution is -2.58. The van der Waals surface area contributed by atoms with Crippen molar-refractivity contribution in [1.29, 1.82) is 0 Å². The highest BCUT2D eigenvalue weighted by Gasteiger charge is 2.39. The molecule has 1 saturated heterocycles. The van der Waals surface area contributed by atoms with Crippen LogP contribution in [0.1, 0.15) is 46.6 Å². The van der Waals surface area contributed by atoms with Crippen molar-refractivity contribution >= 4 is 11.2 Å². The molecule has 9 heteroatoms. The van der Waals surface area contributed by atoms with Gasteiger partial charge in [-0.05, 0) is 64.8 Å². The normalized spacial score (nSPS) is 18.5. The highest BCUT2D eigenvalue weighted by atomic mass is 16.3. The number of phenols is 1. The van der Waals surface area contributed by atoms with E-state index in [4.69, 9.17) is 0 Å². The number of fused-ring (bicyclic) bond motifs is 1. The molecule has 2 N–H and O–H groups in total. The van der Waals surface area contributed by atoms with Crippen LogP contribution in [0.4, 0.5) is 0 Å². The first-order chi connectivity index (χ1) is 14.7. The summed E-state index contributed by atoms with van der Waals surface area (Å²) < 4.78 is 3.59. The maximum absolute atomic E-state index is 10.6. The lowest BCUT2D eigenvalue weighted by Gasteiger charge is -2.46. The van der Waals surface area contributed by atoms with Gasteiger partial charge in [-0.1, -0.05) is 5.21 Å². The zero-order valence-electron chi connectivity index (χ0n) is 18.1. The summed E-state index contributed by atoms with van der Waals surface area (Å²) in [7, 11) is 0. The highest BCUT2D eigenvalue weighted by molar-refractivity contribution is 5.77. The van der Waals surface area contributed by atoms with Crippen LogP contribution in [0, 0.1) is 0 Å². The summed E-state index contributed by atoms with van der Waals surface area (Å²) >= 11 is 0. The van der Waals surface area contributed by atoms with Crippen molar-refractivity contribution in [2.45, 2.75) is 57.7 Å². The molecule has 0 saturated carbocycles. The van der Waals surface area contributed by atoms with Gasteiger partial charge in [-0.25, -0.2) is 9.36 Å². The van der Waals surface area contributed by atoms with E-state index in [1.807, 2.05) is 35.1 Å². The van der Waals surface area contributed by atoms with Gasteiger partial charge in [-0.15, -0.1) is 15.3 Å². The molecule has 1 fully saturated rings. The summed E-state index contributed by atoms with van der Waals surface area (Å²) in [5.41, 5.74) is 3.20. The second-order valence-corrected chi connectivity index (χ2v) is 9.58. The SMILES string of the molecule is CC1(C)CC(n2nnc3cc(-c4ccc(-n5cccn5)cc4O)nnc32)CC(C)(C)N1. The first-order valence-electron chi connectivity index (χ1n) is 10.4.